The van der Waals surface area contributed by atoms with Gasteiger partial charge in [0.25, 0.3) is 5.91 Å². The van der Waals surface area contributed by atoms with Crippen molar-refractivity contribution in [2.45, 2.75) is 128 Å². The van der Waals surface area contributed by atoms with Crippen LogP contribution in [-0.2, 0) is 35.7 Å². The van der Waals surface area contributed by atoms with E-state index in [0.29, 0.717) is 30.7 Å². The molecule has 1 unspecified atom stereocenters. The van der Waals surface area contributed by atoms with Gasteiger partial charge >= 0.3 is 6.03 Å². The first-order chi connectivity index (χ1) is 24.4. The smallest absolute Gasteiger partial charge is 0.315 e. The number of Topliss-reactive ketones (excluding diaryl/α,β-unsaturated/α-hetero) is 1. The summed E-state index contributed by atoms with van der Waals surface area (Å²) in [5.74, 6) is -2.54. The number of rotatable bonds is 14. The molecule has 13 nitrogen and oxygen atoms in total. The molecule has 2 aliphatic heterocycles. The number of amides is 5. The number of thiophene rings is 1. The van der Waals surface area contributed by atoms with Crippen molar-refractivity contribution in [1.82, 2.24) is 30.5 Å². The van der Waals surface area contributed by atoms with Gasteiger partial charge in [0.1, 0.15) is 12.1 Å². The van der Waals surface area contributed by atoms with Crippen molar-refractivity contribution in [3.63, 3.8) is 0 Å². The predicted molar refractivity (Wildman–Crippen MR) is 199 cm³/mol. The van der Waals surface area contributed by atoms with Crippen LogP contribution in [0.3, 0.4) is 0 Å². The maximum Gasteiger partial charge on any atom is 0.315 e. The number of fused-ring (bicyclic) bond motifs is 2. The van der Waals surface area contributed by atoms with Crippen LogP contribution in [0.15, 0.2) is 29.0 Å². The van der Waals surface area contributed by atoms with Crippen molar-refractivity contribution in [2.75, 3.05) is 19.6 Å². The molecule has 3 heterocycles. The van der Waals surface area contributed by atoms with Crippen molar-refractivity contribution in [3.05, 3.63) is 29.0 Å². The van der Waals surface area contributed by atoms with Gasteiger partial charge in [-0.1, -0.05) is 79.7 Å². The largest absolute Gasteiger partial charge is 0.346 e. The second-order valence-corrected chi connectivity index (χ2v) is 19.6. The Morgan fingerprint density at radius 2 is 1.79 bits per heavy atom. The first kappa shape index (κ1) is 39.9. The van der Waals surface area contributed by atoms with Gasteiger partial charge in [0.05, 0.1) is 16.5 Å². The number of ketones is 1. The SMILES string of the molecule is C=CCNC(=O)C(=O)C(CCCC)NC(=O)[C@@H]1[C@@H]2[C@H](CN1C(=O)[C@@H](NC(=O)NC1(CN3Cc4sccc4S3(=O)=O)CCCCC1)C(C)(C)C)C2(C)C. The highest BCUT2D eigenvalue weighted by Crippen LogP contribution is 2.65. The number of piperidine rings is 1. The average Bonchev–Trinajstić information content (AvgIpc) is 3.53. The lowest BCUT2D eigenvalue weighted by molar-refractivity contribution is -0.145. The van der Waals surface area contributed by atoms with Crippen LogP contribution in [-0.4, -0.2) is 90.5 Å². The molecule has 1 aromatic heterocycles. The lowest BCUT2D eigenvalue weighted by Gasteiger charge is -2.42. The van der Waals surface area contributed by atoms with E-state index in [4.69, 9.17) is 0 Å². The molecule has 4 aliphatic rings. The lowest BCUT2D eigenvalue weighted by Crippen LogP contribution is -2.64. The molecule has 0 spiro atoms. The summed E-state index contributed by atoms with van der Waals surface area (Å²) in [6.07, 6.45) is 6.96. The number of carbonyl (C=O) groups excluding carboxylic acids is 5. The summed E-state index contributed by atoms with van der Waals surface area (Å²) in [5, 5.41) is 13.2. The number of sulfonamides is 1. The summed E-state index contributed by atoms with van der Waals surface area (Å²) in [4.78, 5) is 71.0. The van der Waals surface area contributed by atoms with Gasteiger partial charge in [-0.2, -0.15) is 4.31 Å². The minimum Gasteiger partial charge on any atom is -0.346 e. The number of likely N-dealkylation sites (tertiary alicyclic amines) is 1. The number of nitrogens with zero attached hydrogens (tertiary/aromatic N) is 2. The van der Waals surface area contributed by atoms with Gasteiger partial charge in [-0.05, 0) is 53.4 Å². The van der Waals surface area contributed by atoms with Crippen molar-refractivity contribution < 1.29 is 32.4 Å². The highest BCUT2D eigenvalue weighted by molar-refractivity contribution is 7.89. The van der Waals surface area contributed by atoms with Gasteiger partial charge in [-0.15, -0.1) is 17.9 Å². The topological polar surface area (TPSA) is 174 Å². The van der Waals surface area contributed by atoms with Crippen LogP contribution in [0.1, 0.15) is 97.8 Å². The van der Waals surface area contributed by atoms with Gasteiger partial charge in [0.2, 0.25) is 27.6 Å². The lowest BCUT2D eigenvalue weighted by atomic mass is 9.81. The quantitative estimate of drug-likeness (QED) is 0.165. The number of hydrogen-bond donors (Lipinski definition) is 4. The van der Waals surface area contributed by atoms with Crippen molar-refractivity contribution in [1.29, 1.82) is 0 Å². The van der Waals surface area contributed by atoms with Crippen LogP contribution in [0.4, 0.5) is 4.79 Å². The maximum atomic E-state index is 14.5. The fourth-order valence-corrected chi connectivity index (χ4v) is 11.5. The molecule has 4 N–H and O–H groups in total. The molecule has 3 fully saturated rings. The molecular formula is C37H56N6O7S2. The molecule has 5 amide bonds. The van der Waals surface area contributed by atoms with E-state index in [-0.39, 0.29) is 43.3 Å². The number of nitrogens with one attached hydrogen (secondary N) is 4. The number of carbonyl (C=O) groups is 5. The monoisotopic (exact) mass is 760 g/mol. The molecule has 52 heavy (non-hydrogen) atoms. The third kappa shape index (κ3) is 7.96. The Hall–Kier alpha value is -3.30. The zero-order chi connectivity index (χ0) is 38.2. The van der Waals surface area contributed by atoms with Crippen molar-refractivity contribution >= 4 is 50.9 Å². The van der Waals surface area contributed by atoms with E-state index in [1.165, 1.54) is 26.6 Å². The van der Waals surface area contributed by atoms with E-state index >= 15 is 0 Å². The first-order valence-electron chi connectivity index (χ1n) is 18.6. The Bertz CT molecular complexity index is 1680. The van der Waals surface area contributed by atoms with Crippen molar-refractivity contribution in [3.8, 4) is 0 Å². The summed E-state index contributed by atoms with van der Waals surface area (Å²) < 4.78 is 28.2. The zero-order valence-electron chi connectivity index (χ0n) is 31.4. The van der Waals surface area contributed by atoms with E-state index in [1.54, 1.807) is 11.4 Å². The number of unbranched alkanes of at least 4 members (excludes halogenated alkanes) is 1. The Morgan fingerprint density at radius 3 is 2.40 bits per heavy atom. The molecule has 2 saturated carbocycles. The Morgan fingerprint density at radius 1 is 1.10 bits per heavy atom. The summed E-state index contributed by atoms with van der Waals surface area (Å²) in [5.41, 5.74) is -1.78. The third-order valence-corrected chi connectivity index (χ3v) is 14.5. The van der Waals surface area contributed by atoms with Crippen LogP contribution < -0.4 is 21.3 Å². The highest BCUT2D eigenvalue weighted by atomic mass is 32.2. The maximum absolute atomic E-state index is 14.5. The molecule has 0 aromatic carbocycles. The van der Waals surface area contributed by atoms with Crippen LogP contribution >= 0.6 is 11.3 Å². The fourth-order valence-electron chi connectivity index (χ4n) is 8.47. The zero-order valence-corrected chi connectivity index (χ0v) is 33.0. The fraction of sp³-hybridized carbons (Fsp3) is 0.703. The molecule has 5 rings (SSSR count). The molecule has 1 saturated heterocycles. The molecule has 2 aliphatic carbocycles. The van der Waals surface area contributed by atoms with Gasteiger partial charge in [-0.25, -0.2) is 13.2 Å². The highest BCUT2D eigenvalue weighted by Gasteiger charge is 2.70. The molecule has 0 radical (unpaired) electrons. The van der Waals surface area contributed by atoms with E-state index in [9.17, 15) is 32.4 Å². The van der Waals surface area contributed by atoms with Gasteiger partial charge in [0, 0.05) is 31.1 Å². The van der Waals surface area contributed by atoms with Crippen LogP contribution in [0, 0.1) is 22.7 Å². The average molecular weight is 761 g/mol. The summed E-state index contributed by atoms with van der Waals surface area (Å²) in [7, 11) is -3.67. The van der Waals surface area contributed by atoms with Crippen LogP contribution in [0.25, 0.3) is 0 Å². The van der Waals surface area contributed by atoms with Gasteiger partial charge < -0.3 is 26.2 Å². The standard InChI is InChI=1S/C37H56N6O7S2/c1-8-10-14-24(29(44)32(46)38-18-9-2)39-31(45)28-27-23(36(27,6)7)20-43(28)33(47)30(35(3,4)5)40-34(48)41-37(16-12-11-13-17-37)22-42-21-25-26(15-19-51-25)52(42,49)50/h9,15,19,23-24,27-28,30H,2,8,10-14,16-18,20-22H2,1,3-7H3,(H,38,46)(H,39,45)(H2,40,41,48)/t23-,24?,27-,28-,30+/m0/s1. The summed E-state index contributed by atoms with van der Waals surface area (Å²) in [6, 6.07) is -1.89. The molecule has 288 valence electrons. The predicted octanol–water partition coefficient (Wildman–Crippen LogP) is 3.70. The van der Waals surface area contributed by atoms with E-state index < -0.39 is 68.6 Å². The second kappa shape index (κ2) is 15.2. The van der Waals surface area contributed by atoms with Gasteiger partial charge in [0.15, 0.2) is 0 Å². The molecule has 15 heteroatoms. The second-order valence-electron chi connectivity index (χ2n) is 16.7. The van der Waals surface area contributed by atoms with Crippen molar-refractivity contribution in [2.24, 2.45) is 22.7 Å². The summed E-state index contributed by atoms with van der Waals surface area (Å²) >= 11 is 1.41. The van der Waals surface area contributed by atoms with E-state index in [1.807, 2.05) is 27.7 Å². The number of urea groups is 1. The minimum atomic E-state index is -3.67. The van der Waals surface area contributed by atoms with E-state index in [0.717, 1.165) is 30.6 Å². The molecule has 5 atom stereocenters. The first-order valence-corrected chi connectivity index (χ1v) is 20.9. The Balaban J connectivity index is 1.33. The summed E-state index contributed by atoms with van der Waals surface area (Å²) in [6.45, 7) is 16.0. The third-order valence-electron chi connectivity index (χ3n) is 11.6. The minimum absolute atomic E-state index is 0.0542. The Labute approximate surface area is 312 Å². The molecule has 1 aromatic rings. The van der Waals surface area contributed by atoms with Crippen LogP contribution in [0.2, 0.25) is 0 Å². The Kier molecular flexibility index (Phi) is 11.7. The van der Waals surface area contributed by atoms with E-state index in [2.05, 4.69) is 41.7 Å². The van der Waals surface area contributed by atoms with Crippen LogP contribution in [0.5, 0.6) is 0 Å². The molecule has 0 bridgehead atoms. The molecular weight excluding hydrogens is 705 g/mol. The van der Waals surface area contributed by atoms with Gasteiger partial charge in [-0.3, -0.25) is 19.2 Å². The normalized spacial score (nSPS) is 25.2. The number of hydrogen-bond acceptors (Lipinski definition) is 8.